The highest BCUT2D eigenvalue weighted by atomic mass is 19.1. The molecule has 2 atom stereocenters. The summed E-state index contributed by atoms with van der Waals surface area (Å²) in [4.78, 5) is 26.3. The lowest BCUT2D eigenvalue weighted by Gasteiger charge is -2.33. The lowest BCUT2D eigenvalue weighted by molar-refractivity contribution is -0.138. The highest BCUT2D eigenvalue weighted by Gasteiger charge is 2.30. The lowest BCUT2D eigenvalue weighted by Crippen LogP contribution is -2.56. The second-order valence-corrected chi connectivity index (χ2v) is 6.50. The number of hydrogen-bond donors (Lipinski definition) is 2. The molecule has 2 aliphatic rings. The second kappa shape index (κ2) is 8.40. The van der Waals surface area contributed by atoms with Gasteiger partial charge in [-0.1, -0.05) is 18.2 Å². The fourth-order valence-electron chi connectivity index (χ4n) is 3.23. The fourth-order valence-corrected chi connectivity index (χ4v) is 3.23. The van der Waals surface area contributed by atoms with Gasteiger partial charge in [0.2, 0.25) is 11.8 Å². The van der Waals surface area contributed by atoms with Gasteiger partial charge in [-0.05, 0) is 18.9 Å². The first kappa shape index (κ1) is 17.8. The molecule has 0 saturated carbocycles. The van der Waals surface area contributed by atoms with Crippen molar-refractivity contribution in [1.29, 1.82) is 0 Å². The quantitative estimate of drug-likeness (QED) is 0.797. The summed E-state index contributed by atoms with van der Waals surface area (Å²) >= 11 is 0. The number of nitrogens with zero attached hydrogens (tertiary/aromatic N) is 1. The number of benzene rings is 1. The topological polar surface area (TPSA) is 70.7 Å². The molecule has 6 nitrogen and oxygen atoms in total. The van der Waals surface area contributed by atoms with E-state index in [1.54, 1.807) is 23.1 Å². The van der Waals surface area contributed by atoms with Gasteiger partial charge in [0.15, 0.2) is 0 Å². The van der Waals surface area contributed by atoms with Crippen LogP contribution in [0.4, 0.5) is 4.39 Å². The average molecular weight is 349 g/mol. The van der Waals surface area contributed by atoms with E-state index < -0.39 is 6.04 Å². The molecule has 0 radical (unpaired) electrons. The van der Waals surface area contributed by atoms with Gasteiger partial charge in [0.1, 0.15) is 5.82 Å². The largest absolute Gasteiger partial charge is 0.376 e. The normalized spacial score (nSPS) is 23.7. The van der Waals surface area contributed by atoms with E-state index in [1.807, 2.05) is 0 Å². The predicted molar refractivity (Wildman–Crippen MR) is 90.2 cm³/mol. The van der Waals surface area contributed by atoms with Crippen molar-refractivity contribution in [3.05, 3.63) is 35.6 Å². The molecule has 2 fully saturated rings. The molecule has 136 valence electrons. The van der Waals surface area contributed by atoms with Crippen LogP contribution in [0.15, 0.2) is 24.3 Å². The van der Waals surface area contributed by atoms with Crippen molar-refractivity contribution in [2.24, 2.45) is 0 Å². The van der Waals surface area contributed by atoms with Crippen molar-refractivity contribution in [2.75, 3.05) is 26.2 Å². The third-order valence-corrected chi connectivity index (χ3v) is 4.64. The van der Waals surface area contributed by atoms with E-state index in [0.29, 0.717) is 25.2 Å². The SMILES string of the molecule is O=C(CC1NCCN(Cc2ccccc2F)C1=O)NCC1CCCO1. The van der Waals surface area contributed by atoms with Crippen molar-refractivity contribution < 1.29 is 18.7 Å². The molecule has 3 rings (SSSR count). The van der Waals surface area contributed by atoms with Gasteiger partial charge in [-0.2, -0.15) is 0 Å². The van der Waals surface area contributed by atoms with E-state index in [0.717, 1.165) is 19.4 Å². The molecule has 2 N–H and O–H groups in total. The van der Waals surface area contributed by atoms with Crippen molar-refractivity contribution in [2.45, 2.75) is 38.0 Å². The van der Waals surface area contributed by atoms with Crippen LogP contribution in [0.1, 0.15) is 24.8 Å². The molecule has 1 aromatic carbocycles. The van der Waals surface area contributed by atoms with Crippen molar-refractivity contribution in [3.63, 3.8) is 0 Å². The molecule has 0 aromatic heterocycles. The first-order valence-corrected chi connectivity index (χ1v) is 8.77. The summed E-state index contributed by atoms with van der Waals surface area (Å²) in [5.41, 5.74) is 0.485. The summed E-state index contributed by atoms with van der Waals surface area (Å²) < 4.78 is 19.3. The smallest absolute Gasteiger partial charge is 0.240 e. The number of piperazine rings is 1. The molecule has 2 heterocycles. The average Bonchev–Trinajstić information content (AvgIpc) is 3.12. The number of halogens is 1. The van der Waals surface area contributed by atoms with Crippen LogP contribution in [0, 0.1) is 5.82 Å². The van der Waals surface area contributed by atoms with Crippen LogP contribution in [0.3, 0.4) is 0 Å². The lowest BCUT2D eigenvalue weighted by atomic mass is 10.1. The molecule has 25 heavy (non-hydrogen) atoms. The molecule has 2 unspecified atom stereocenters. The maximum absolute atomic E-state index is 13.8. The maximum atomic E-state index is 13.8. The predicted octanol–water partition coefficient (Wildman–Crippen LogP) is 0.811. The molecule has 7 heteroatoms. The van der Waals surface area contributed by atoms with E-state index in [1.165, 1.54) is 6.07 Å². The molecule has 2 amide bonds. The van der Waals surface area contributed by atoms with E-state index >= 15 is 0 Å². The van der Waals surface area contributed by atoms with E-state index in [9.17, 15) is 14.0 Å². The monoisotopic (exact) mass is 349 g/mol. The van der Waals surface area contributed by atoms with E-state index in [-0.39, 0.29) is 36.7 Å². The van der Waals surface area contributed by atoms with Crippen LogP contribution in [0.2, 0.25) is 0 Å². The number of rotatable bonds is 6. The van der Waals surface area contributed by atoms with Gasteiger partial charge < -0.3 is 20.3 Å². The third-order valence-electron chi connectivity index (χ3n) is 4.64. The molecule has 2 saturated heterocycles. The van der Waals surface area contributed by atoms with Crippen LogP contribution < -0.4 is 10.6 Å². The molecular formula is C18H24FN3O3. The highest BCUT2D eigenvalue weighted by molar-refractivity contribution is 5.88. The molecule has 0 spiro atoms. The number of ether oxygens (including phenoxy) is 1. The molecule has 2 aliphatic heterocycles. The maximum Gasteiger partial charge on any atom is 0.240 e. The molecule has 0 bridgehead atoms. The Morgan fingerprint density at radius 1 is 1.40 bits per heavy atom. The Morgan fingerprint density at radius 3 is 3.00 bits per heavy atom. The number of amides is 2. The van der Waals surface area contributed by atoms with Crippen molar-refractivity contribution in [3.8, 4) is 0 Å². The zero-order chi connectivity index (χ0) is 17.6. The summed E-state index contributed by atoms with van der Waals surface area (Å²) in [6.07, 6.45) is 2.14. The van der Waals surface area contributed by atoms with Gasteiger partial charge in [0, 0.05) is 38.3 Å². The van der Waals surface area contributed by atoms with Crippen molar-refractivity contribution in [1.82, 2.24) is 15.5 Å². The van der Waals surface area contributed by atoms with Crippen LogP contribution in [0.5, 0.6) is 0 Å². The summed E-state index contributed by atoms with van der Waals surface area (Å²) in [5.74, 6) is -0.657. The summed E-state index contributed by atoms with van der Waals surface area (Å²) in [5, 5.41) is 5.91. The summed E-state index contributed by atoms with van der Waals surface area (Å²) in [6.45, 7) is 2.54. The Hall–Kier alpha value is -1.99. The van der Waals surface area contributed by atoms with Gasteiger partial charge >= 0.3 is 0 Å². The van der Waals surface area contributed by atoms with E-state index in [2.05, 4.69) is 10.6 Å². The highest BCUT2D eigenvalue weighted by Crippen LogP contribution is 2.14. The number of carbonyl (C=O) groups excluding carboxylic acids is 2. The van der Waals surface area contributed by atoms with Gasteiger partial charge in [-0.3, -0.25) is 9.59 Å². The Labute approximate surface area is 146 Å². The fraction of sp³-hybridized carbons (Fsp3) is 0.556. The van der Waals surface area contributed by atoms with Gasteiger partial charge in [-0.15, -0.1) is 0 Å². The Morgan fingerprint density at radius 2 is 2.24 bits per heavy atom. The van der Waals surface area contributed by atoms with Crippen LogP contribution in [-0.2, 0) is 20.9 Å². The van der Waals surface area contributed by atoms with E-state index in [4.69, 9.17) is 4.74 Å². The van der Waals surface area contributed by atoms with Crippen LogP contribution in [0.25, 0.3) is 0 Å². The second-order valence-electron chi connectivity index (χ2n) is 6.50. The summed E-state index contributed by atoms with van der Waals surface area (Å²) in [6, 6.07) is 5.87. The van der Waals surface area contributed by atoms with Gasteiger partial charge in [-0.25, -0.2) is 4.39 Å². The minimum absolute atomic E-state index is 0.0801. The Bertz CT molecular complexity index is 619. The first-order chi connectivity index (χ1) is 12.1. The standard InChI is InChI=1S/C18H24FN3O3/c19-15-6-2-1-4-13(15)12-22-8-7-20-16(18(22)24)10-17(23)21-11-14-5-3-9-25-14/h1-2,4,6,14,16,20H,3,5,7-12H2,(H,21,23). The minimum atomic E-state index is -0.565. The molecule has 0 aliphatic carbocycles. The van der Waals surface area contributed by atoms with Gasteiger partial charge in [0.05, 0.1) is 18.6 Å². The third kappa shape index (κ3) is 4.76. The van der Waals surface area contributed by atoms with Crippen LogP contribution in [-0.4, -0.2) is 55.1 Å². The van der Waals surface area contributed by atoms with Crippen LogP contribution >= 0.6 is 0 Å². The molecular weight excluding hydrogens is 325 g/mol. The first-order valence-electron chi connectivity index (χ1n) is 8.77. The molecule has 1 aromatic rings. The van der Waals surface area contributed by atoms with Crippen molar-refractivity contribution >= 4 is 11.8 Å². The zero-order valence-corrected chi connectivity index (χ0v) is 14.2. The zero-order valence-electron chi connectivity index (χ0n) is 14.2. The Kier molecular flexibility index (Phi) is 5.99. The summed E-state index contributed by atoms with van der Waals surface area (Å²) in [7, 11) is 0. The minimum Gasteiger partial charge on any atom is -0.376 e. The van der Waals surface area contributed by atoms with Gasteiger partial charge in [0.25, 0.3) is 0 Å². The number of carbonyl (C=O) groups is 2. The Balaban J connectivity index is 1.51. The number of nitrogens with one attached hydrogen (secondary N) is 2. The number of hydrogen-bond acceptors (Lipinski definition) is 4.